The van der Waals surface area contributed by atoms with Gasteiger partial charge in [0.2, 0.25) is 0 Å². The molecule has 0 spiro atoms. The van der Waals surface area contributed by atoms with Crippen molar-refractivity contribution >= 4 is 11.9 Å². The van der Waals surface area contributed by atoms with Crippen LogP contribution in [0.1, 0.15) is 97.3 Å². The zero-order chi connectivity index (χ0) is 23.7. The molecule has 0 aromatic heterocycles. The summed E-state index contributed by atoms with van der Waals surface area (Å²) < 4.78 is 12.1. The number of carboxylic acid groups (broad SMARTS) is 1. The Hall–Kier alpha value is -1.52. The third-order valence-corrected chi connectivity index (χ3v) is 11.1. The van der Waals surface area contributed by atoms with E-state index in [-0.39, 0.29) is 17.0 Å². The third kappa shape index (κ3) is 3.80. The summed E-state index contributed by atoms with van der Waals surface area (Å²) in [5.74, 6) is 3.69. The Balaban J connectivity index is 1.12. The van der Waals surface area contributed by atoms with E-state index in [0.29, 0.717) is 23.8 Å². The van der Waals surface area contributed by atoms with E-state index >= 15 is 0 Å². The second-order valence-electron chi connectivity index (χ2n) is 13.4. The van der Waals surface area contributed by atoms with Gasteiger partial charge in [0.05, 0.1) is 11.8 Å². The number of rotatable bonds is 8. The van der Waals surface area contributed by atoms with E-state index in [0.717, 1.165) is 55.3 Å². The molecule has 5 nitrogen and oxygen atoms in total. The van der Waals surface area contributed by atoms with Gasteiger partial charge in [0, 0.05) is 0 Å². The Labute approximate surface area is 204 Å². The number of aliphatic carboxylic acids is 1. The summed E-state index contributed by atoms with van der Waals surface area (Å²) >= 11 is 0. The Morgan fingerprint density at radius 2 is 1.38 bits per heavy atom. The molecule has 188 valence electrons. The van der Waals surface area contributed by atoms with Crippen molar-refractivity contribution in [2.24, 2.45) is 46.8 Å². The van der Waals surface area contributed by atoms with Crippen molar-refractivity contribution in [1.82, 2.24) is 0 Å². The maximum absolute atomic E-state index is 13.2. The second-order valence-corrected chi connectivity index (χ2v) is 13.4. The van der Waals surface area contributed by atoms with E-state index in [2.05, 4.69) is 6.92 Å². The first kappa shape index (κ1) is 22.9. The monoisotopic (exact) mass is 470 g/mol. The number of carbonyl (C=O) groups is 2. The highest BCUT2D eigenvalue weighted by molar-refractivity contribution is 5.86. The zero-order valence-electron chi connectivity index (χ0n) is 21.0. The number of hydrogen-bond donors (Lipinski definition) is 1. The van der Waals surface area contributed by atoms with Crippen molar-refractivity contribution in [3.63, 3.8) is 0 Å². The minimum Gasteiger partial charge on any atom is -0.486 e. The van der Waals surface area contributed by atoms with Crippen LogP contribution in [0.2, 0.25) is 0 Å². The number of hydrogen-bond acceptors (Lipinski definition) is 4. The van der Waals surface area contributed by atoms with E-state index in [1.54, 1.807) is 6.92 Å². The lowest BCUT2D eigenvalue weighted by atomic mass is 9.48. The SMILES string of the molecule is CCC1(OC(=O)C(C)OC=C(CC23CC4CC(CC(C4)C2)C3)C(=O)O)C2CC3CC(C2)CC1C3. The smallest absolute Gasteiger partial charge is 0.347 e. The molecule has 8 aliphatic carbocycles. The van der Waals surface area contributed by atoms with Crippen LogP contribution < -0.4 is 0 Å². The van der Waals surface area contributed by atoms with Crippen LogP contribution in [-0.2, 0) is 19.1 Å². The Morgan fingerprint density at radius 1 is 0.882 bits per heavy atom. The molecule has 8 saturated carbocycles. The summed E-state index contributed by atoms with van der Waals surface area (Å²) in [6.07, 6.45) is 15.7. The minimum atomic E-state index is -0.914. The van der Waals surface area contributed by atoms with Crippen molar-refractivity contribution in [2.45, 2.75) is 109 Å². The lowest BCUT2D eigenvalue weighted by Gasteiger charge is -2.60. The molecule has 8 rings (SSSR count). The summed E-state index contributed by atoms with van der Waals surface area (Å²) in [7, 11) is 0. The van der Waals surface area contributed by atoms with E-state index < -0.39 is 12.1 Å². The number of ether oxygens (including phenoxy) is 2. The highest BCUT2D eigenvalue weighted by atomic mass is 16.6. The largest absolute Gasteiger partial charge is 0.486 e. The summed E-state index contributed by atoms with van der Waals surface area (Å²) in [4.78, 5) is 25.3. The summed E-state index contributed by atoms with van der Waals surface area (Å²) in [6, 6.07) is 0. The Bertz CT molecular complexity index is 808. The first-order valence-electron chi connectivity index (χ1n) is 14.1. The topological polar surface area (TPSA) is 72.8 Å². The lowest BCUT2D eigenvalue weighted by molar-refractivity contribution is -0.216. The van der Waals surface area contributed by atoms with Crippen LogP contribution in [0.25, 0.3) is 0 Å². The molecule has 1 unspecified atom stereocenters. The molecule has 0 saturated heterocycles. The van der Waals surface area contributed by atoms with E-state index in [4.69, 9.17) is 9.47 Å². The van der Waals surface area contributed by atoms with Gasteiger partial charge in [0.25, 0.3) is 0 Å². The Kier molecular flexibility index (Phi) is 5.57. The predicted molar refractivity (Wildman–Crippen MR) is 128 cm³/mol. The third-order valence-electron chi connectivity index (χ3n) is 11.1. The number of esters is 1. The van der Waals surface area contributed by atoms with E-state index in [9.17, 15) is 14.7 Å². The van der Waals surface area contributed by atoms with Gasteiger partial charge < -0.3 is 14.6 Å². The zero-order valence-corrected chi connectivity index (χ0v) is 21.0. The van der Waals surface area contributed by atoms with E-state index in [1.165, 1.54) is 57.6 Å². The molecule has 0 amide bonds. The van der Waals surface area contributed by atoms with Gasteiger partial charge in [-0.05, 0) is 137 Å². The average Bonchev–Trinajstić information content (AvgIpc) is 2.77. The van der Waals surface area contributed by atoms with Crippen LogP contribution in [0.3, 0.4) is 0 Å². The normalized spacial score (nSPS) is 47.0. The molecule has 0 aromatic carbocycles. The molecule has 0 heterocycles. The van der Waals surface area contributed by atoms with Gasteiger partial charge in [-0.2, -0.15) is 0 Å². The van der Waals surface area contributed by atoms with E-state index in [1.807, 2.05) is 0 Å². The molecule has 0 radical (unpaired) electrons. The van der Waals surface area contributed by atoms with Crippen molar-refractivity contribution in [3.05, 3.63) is 11.8 Å². The van der Waals surface area contributed by atoms with Crippen LogP contribution in [0, 0.1) is 46.8 Å². The maximum Gasteiger partial charge on any atom is 0.347 e. The molecule has 1 atom stereocenters. The van der Waals surface area contributed by atoms with Crippen molar-refractivity contribution in [2.75, 3.05) is 0 Å². The highest BCUT2D eigenvalue weighted by Crippen LogP contribution is 2.62. The molecule has 8 aliphatic rings. The van der Waals surface area contributed by atoms with Crippen LogP contribution >= 0.6 is 0 Å². The fraction of sp³-hybridized carbons (Fsp3) is 0.862. The number of carboxylic acids is 1. The molecule has 8 bridgehead atoms. The quantitative estimate of drug-likeness (QED) is 0.263. The summed E-state index contributed by atoms with van der Waals surface area (Å²) in [5.41, 5.74) is 0.0979. The molecule has 0 aromatic rings. The van der Waals surface area contributed by atoms with Crippen LogP contribution in [-0.4, -0.2) is 28.8 Å². The van der Waals surface area contributed by atoms with Crippen molar-refractivity contribution < 1.29 is 24.2 Å². The highest BCUT2D eigenvalue weighted by Gasteiger charge is 2.59. The van der Waals surface area contributed by atoms with Gasteiger partial charge in [-0.15, -0.1) is 0 Å². The maximum atomic E-state index is 13.2. The van der Waals surface area contributed by atoms with Gasteiger partial charge >= 0.3 is 11.9 Å². The Morgan fingerprint density at radius 3 is 1.85 bits per heavy atom. The molecule has 5 heteroatoms. The standard InChI is InChI=1S/C29H42O5/c1-3-29(24-8-18-4-19(10-24)11-25(29)9-18)34-27(32)17(2)33-16-23(26(30)31)15-28-12-20-5-21(13-28)7-22(6-20)14-28/h16-22,24-25H,3-15H2,1-2H3,(H,30,31). The molecule has 34 heavy (non-hydrogen) atoms. The number of carbonyl (C=O) groups excluding carboxylic acids is 1. The fourth-order valence-corrected chi connectivity index (χ4v) is 10.4. The first-order chi connectivity index (χ1) is 16.3. The molecular weight excluding hydrogens is 428 g/mol. The summed E-state index contributed by atoms with van der Waals surface area (Å²) in [5, 5.41) is 9.94. The predicted octanol–water partition coefficient (Wildman–Crippen LogP) is 6.11. The molecule has 8 fully saturated rings. The molecular formula is C29H42O5. The van der Waals surface area contributed by atoms with Gasteiger partial charge in [-0.3, -0.25) is 0 Å². The lowest BCUT2D eigenvalue weighted by Crippen LogP contribution is -2.60. The minimum absolute atomic E-state index is 0.124. The summed E-state index contributed by atoms with van der Waals surface area (Å²) in [6.45, 7) is 3.87. The van der Waals surface area contributed by atoms with Gasteiger partial charge in [-0.25, -0.2) is 9.59 Å². The van der Waals surface area contributed by atoms with Crippen molar-refractivity contribution in [1.29, 1.82) is 0 Å². The first-order valence-corrected chi connectivity index (χ1v) is 14.1. The van der Waals surface area contributed by atoms with Crippen molar-refractivity contribution in [3.8, 4) is 0 Å². The average molecular weight is 471 g/mol. The molecule has 0 aliphatic heterocycles. The molecule has 1 N–H and O–H groups in total. The van der Waals surface area contributed by atoms with Crippen LogP contribution in [0.15, 0.2) is 11.8 Å². The fourth-order valence-electron chi connectivity index (χ4n) is 10.4. The van der Waals surface area contributed by atoms with Crippen LogP contribution in [0.5, 0.6) is 0 Å². The van der Waals surface area contributed by atoms with Crippen LogP contribution in [0.4, 0.5) is 0 Å². The van der Waals surface area contributed by atoms with Gasteiger partial charge in [0.1, 0.15) is 5.60 Å². The van der Waals surface area contributed by atoms with Gasteiger partial charge in [0.15, 0.2) is 6.10 Å². The second kappa shape index (κ2) is 8.27. The van der Waals surface area contributed by atoms with Gasteiger partial charge in [-0.1, -0.05) is 6.92 Å².